The van der Waals surface area contributed by atoms with Gasteiger partial charge in [-0.15, -0.1) is 0 Å². The molecule has 0 aliphatic heterocycles. The maximum Gasteiger partial charge on any atom is 0.0577 e. The molecule has 2 nitrogen and oxygen atoms in total. The smallest absolute Gasteiger partial charge is 0.0577 e. The van der Waals surface area contributed by atoms with Crippen LogP contribution in [0.25, 0.3) is 0 Å². The van der Waals surface area contributed by atoms with Gasteiger partial charge in [-0.2, -0.15) is 0 Å². The third-order valence-electron chi connectivity index (χ3n) is 2.32. The molecule has 0 unspecified atom stereocenters. The lowest BCUT2D eigenvalue weighted by Crippen LogP contribution is -2.29. The van der Waals surface area contributed by atoms with E-state index in [4.69, 9.17) is 5.73 Å². The van der Waals surface area contributed by atoms with E-state index in [1.807, 2.05) is 24.3 Å². The number of para-hydroxylation sites is 2. The predicted octanol–water partition coefficient (Wildman–Crippen LogP) is 2.87. The number of rotatable bonds is 3. The van der Waals surface area contributed by atoms with Crippen LogP contribution in [0.3, 0.4) is 0 Å². The highest BCUT2D eigenvalue weighted by molar-refractivity contribution is 5.66. The van der Waals surface area contributed by atoms with Crippen molar-refractivity contribution in [1.82, 2.24) is 0 Å². The Kier molecular flexibility index (Phi) is 2.81. The minimum Gasteiger partial charge on any atom is -0.397 e. The summed E-state index contributed by atoms with van der Waals surface area (Å²) < 4.78 is 0. The minimum absolute atomic E-state index is 0.107. The van der Waals surface area contributed by atoms with Gasteiger partial charge in [0.15, 0.2) is 0 Å². The molecule has 1 aromatic rings. The maximum atomic E-state index is 5.82. The highest BCUT2D eigenvalue weighted by Crippen LogP contribution is 2.22. The lowest BCUT2D eigenvalue weighted by atomic mass is 10.0. The molecule has 0 spiro atoms. The molecule has 0 atom stereocenters. The Morgan fingerprint density at radius 2 is 1.92 bits per heavy atom. The fraction of sp³-hybridized carbons (Fsp3) is 0.455. The summed E-state index contributed by atoms with van der Waals surface area (Å²) in [7, 11) is 0. The molecular weight excluding hydrogens is 160 g/mol. The Bertz CT molecular complexity index is 279. The van der Waals surface area contributed by atoms with Gasteiger partial charge in [-0.1, -0.05) is 19.1 Å². The zero-order valence-corrected chi connectivity index (χ0v) is 8.59. The zero-order chi connectivity index (χ0) is 9.90. The number of hydrogen-bond donors (Lipinski definition) is 2. The van der Waals surface area contributed by atoms with E-state index in [-0.39, 0.29) is 5.54 Å². The quantitative estimate of drug-likeness (QED) is 0.698. The van der Waals surface area contributed by atoms with E-state index in [0.717, 1.165) is 17.8 Å². The van der Waals surface area contributed by atoms with Crippen molar-refractivity contribution in [1.29, 1.82) is 0 Å². The predicted molar refractivity (Wildman–Crippen MR) is 58.8 cm³/mol. The highest BCUT2D eigenvalue weighted by atomic mass is 15.0. The number of nitrogen functional groups attached to an aromatic ring is 1. The van der Waals surface area contributed by atoms with Gasteiger partial charge < -0.3 is 11.1 Å². The first kappa shape index (κ1) is 9.90. The van der Waals surface area contributed by atoms with E-state index >= 15 is 0 Å². The molecular formula is C11H18N2. The van der Waals surface area contributed by atoms with Crippen molar-refractivity contribution in [3.63, 3.8) is 0 Å². The second-order valence-corrected chi connectivity index (χ2v) is 3.95. The van der Waals surface area contributed by atoms with Crippen LogP contribution < -0.4 is 11.1 Å². The van der Waals surface area contributed by atoms with Crippen LogP contribution in [-0.4, -0.2) is 5.54 Å². The van der Waals surface area contributed by atoms with Gasteiger partial charge in [-0.25, -0.2) is 0 Å². The molecule has 0 aromatic heterocycles. The summed E-state index contributed by atoms with van der Waals surface area (Å²) in [5.41, 5.74) is 7.76. The normalized spacial score (nSPS) is 11.3. The van der Waals surface area contributed by atoms with Crippen LogP contribution in [0.2, 0.25) is 0 Å². The average Bonchev–Trinajstić information content (AvgIpc) is 2.09. The number of hydrogen-bond acceptors (Lipinski definition) is 2. The zero-order valence-electron chi connectivity index (χ0n) is 8.59. The van der Waals surface area contributed by atoms with Crippen LogP contribution >= 0.6 is 0 Å². The van der Waals surface area contributed by atoms with Crippen LogP contribution in [-0.2, 0) is 0 Å². The fourth-order valence-corrected chi connectivity index (χ4v) is 1.06. The summed E-state index contributed by atoms with van der Waals surface area (Å²) in [5.74, 6) is 0. The van der Waals surface area contributed by atoms with Crippen molar-refractivity contribution in [2.45, 2.75) is 32.7 Å². The second kappa shape index (κ2) is 3.69. The van der Waals surface area contributed by atoms with Crippen LogP contribution in [0.1, 0.15) is 27.2 Å². The van der Waals surface area contributed by atoms with E-state index in [1.165, 1.54) is 0 Å². The van der Waals surface area contributed by atoms with Gasteiger partial charge in [0.1, 0.15) is 0 Å². The Balaban J connectivity index is 2.80. The number of nitrogens with two attached hydrogens (primary N) is 1. The van der Waals surface area contributed by atoms with Gasteiger partial charge >= 0.3 is 0 Å². The van der Waals surface area contributed by atoms with Crippen molar-refractivity contribution in [2.75, 3.05) is 11.1 Å². The standard InChI is InChI=1S/C11H18N2/c1-4-11(2,3)13-10-8-6-5-7-9(10)12/h5-8,13H,4,12H2,1-3H3. The Labute approximate surface area is 80.1 Å². The van der Waals surface area contributed by atoms with Gasteiger partial charge in [0.2, 0.25) is 0 Å². The van der Waals surface area contributed by atoms with Gasteiger partial charge in [0, 0.05) is 5.54 Å². The van der Waals surface area contributed by atoms with Gasteiger partial charge in [0.25, 0.3) is 0 Å². The molecule has 0 heterocycles. The summed E-state index contributed by atoms with van der Waals surface area (Å²) in [6.45, 7) is 6.49. The monoisotopic (exact) mass is 178 g/mol. The topological polar surface area (TPSA) is 38.0 Å². The average molecular weight is 178 g/mol. The van der Waals surface area contributed by atoms with Crippen molar-refractivity contribution in [2.24, 2.45) is 0 Å². The summed E-state index contributed by atoms with van der Waals surface area (Å²) in [5, 5.41) is 3.41. The molecule has 72 valence electrons. The Morgan fingerprint density at radius 3 is 2.46 bits per heavy atom. The van der Waals surface area contributed by atoms with Crippen LogP contribution in [0.4, 0.5) is 11.4 Å². The number of anilines is 2. The molecule has 3 N–H and O–H groups in total. The van der Waals surface area contributed by atoms with Gasteiger partial charge in [-0.05, 0) is 32.4 Å². The van der Waals surface area contributed by atoms with E-state index in [9.17, 15) is 0 Å². The van der Waals surface area contributed by atoms with E-state index in [0.29, 0.717) is 0 Å². The maximum absolute atomic E-state index is 5.82. The molecule has 13 heavy (non-hydrogen) atoms. The van der Waals surface area contributed by atoms with Crippen molar-refractivity contribution >= 4 is 11.4 Å². The first-order chi connectivity index (χ1) is 6.05. The summed E-state index contributed by atoms with van der Waals surface area (Å²) >= 11 is 0. The second-order valence-electron chi connectivity index (χ2n) is 3.95. The molecule has 0 bridgehead atoms. The first-order valence-corrected chi connectivity index (χ1v) is 4.68. The fourth-order valence-electron chi connectivity index (χ4n) is 1.06. The lowest BCUT2D eigenvalue weighted by Gasteiger charge is -2.26. The third-order valence-corrected chi connectivity index (χ3v) is 2.32. The molecule has 1 rings (SSSR count). The first-order valence-electron chi connectivity index (χ1n) is 4.68. The molecule has 0 amide bonds. The molecule has 0 aliphatic rings. The largest absolute Gasteiger partial charge is 0.397 e. The number of benzene rings is 1. The minimum atomic E-state index is 0.107. The summed E-state index contributed by atoms with van der Waals surface area (Å²) in [6, 6.07) is 7.85. The summed E-state index contributed by atoms with van der Waals surface area (Å²) in [4.78, 5) is 0. The molecule has 0 radical (unpaired) electrons. The van der Waals surface area contributed by atoms with E-state index < -0.39 is 0 Å². The van der Waals surface area contributed by atoms with Gasteiger partial charge in [0.05, 0.1) is 11.4 Å². The molecule has 0 saturated carbocycles. The van der Waals surface area contributed by atoms with E-state index in [2.05, 4.69) is 26.1 Å². The molecule has 2 heteroatoms. The van der Waals surface area contributed by atoms with E-state index in [1.54, 1.807) is 0 Å². The summed E-state index contributed by atoms with van der Waals surface area (Å²) in [6.07, 6.45) is 1.07. The highest BCUT2D eigenvalue weighted by Gasteiger charge is 2.14. The van der Waals surface area contributed by atoms with Gasteiger partial charge in [-0.3, -0.25) is 0 Å². The third kappa shape index (κ3) is 2.65. The van der Waals surface area contributed by atoms with Crippen LogP contribution in [0.5, 0.6) is 0 Å². The molecule has 0 aliphatic carbocycles. The van der Waals surface area contributed by atoms with Crippen LogP contribution in [0.15, 0.2) is 24.3 Å². The molecule has 0 saturated heterocycles. The van der Waals surface area contributed by atoms with Crippen molar-refractivity contribution in [3.8, 4) is 0 Å². The van der Waals surface area contributed by atoms with Crippen molar-refractivity contribution in [3.05, 3.63) is 24.3 Å². The Hall–Kier alpha value is -1.18. The Morgan fingerprint density at radius 1 is 1.31 bits per heavy atom. The molecule has 1 aromatic carbocycles. The van der Waals surface area contributed by atoms with Crippen molar-refractivity contribution < 1.29 is 0 Å². The lowest BCUT2D eigenvalue weighted by molar-refractivity contribution is 0.547. The SMILES string of the molecule is CCC(C)(C)Nc1ccccc1N. The number of nitrogens with one attached hydrogen (secondary N) is 1. The van der Waals surface area contributed by atoms with Crippen LogP contribution in [0, 0.1) is 0 Å². The molecule has 0 fully saturated rings.